The second-order valence-corrected chi connectivity index (χ2v) is 16.0. The number of hydrogen-bond acceptors (Lipinski definition) is 1. The third-order valence-corrected chi connectivity index (χ3v) is 12.9. The highest BCUT2D eigenvalue weighted by Crippen LogP contribution is 2.44. The topological polar surface area (TPSA) is 9.86 Å². The van der Waals surface area contributed by atoms with E-state index in [1.165, 1.54) is 109 Å². The Hall–Kier alpha value is -7.20. The van der Waals surface area contributed by atoms with E-state index in [0.29, 0.717) is 0 Å². The number of nitrogens with zero attached hydrogens (tertiary/aromatic N) is 2. The van der Waals surface area contributed by atoms with Gasteiger partial charge in [-0.1, -0.05) is 140 Å². The van der Waals surface area contributed by atoms with Crippen molar-refractivity contribution in [3.05, 3.63) is 206 Å². The number of benzene rings is 9. The van der Waals surface area contributed by atoms with E-state index in [1.54, 1.807) is 0 Å². The molecule has 57 heavy (non-hydrogen) atoms. The maximum atomic E-state index is 2.47. The molecule has 0 aliphatic heterocycles. The SMILES string of the molecule is c1ccc(-c2cccc(-c3cc(-n4c5ccccc5c5cc(-c6ccc7c8ccccc8n(-c8ccccc8)c7c6)ccc54)cc4c3sc3ccccc34)c2)cc1. The predicted molar refractivity (Wildman–Crippen MR) is 244 cm³/mol. The summed E-state index contributed by atoms with van der Waals surface area (Å²) in [7, 11) is 0. The first-order valence-electron chi connectivity index (χ1n) is 19.5. The Morgan fingerprint density at radius 1 is 0.281 bits per heavy atom. The fourth-order valence-electron chi connectivity index (χ4n) is 9.09. The molecule has 0 fully saturated rings. The summed E-state index contributed by atoms with van der Waals surface area (Å²) in [5.41, 5.74) is 14.5. The molecular formula is C54H34N2S. The van der Waals surface area contributed by atoms with Gasteiger partial charge in [0.15, 0.2) is 0 Å². The Bertz CT molecular complexity index is 3510. The predicted octanol–water partition coefficient (Wildman–Crippen LogP) is 15.2. The zero-order valence-corrected chi connectivity index (χ0v) is 31.7. The molecule has 0 saturated carbocycles. The number of fused-ring (bicyclic) bond motifs is 9. The minimum absolute atomic E-state index is 1.17. The van der Waals surface area contributed by atoms with Crippen molar-refractivity contribution in [3.63, 3.8) is 0 Å². The first-order chi connectivity index (χ1) is 28.3. The van der Waals surface area contributed by atoms with Gasteiger partial charge in [-0.3, -0.25) is 0 Å². The van der Waals surface area contributed by atoms with Crippen LogP contribution in [-0.2, 0) is 0 Å². The van der Waals surface area contributed by atoms with Crippen LogP contribution in [0.4, 0.5) is 0 Å². The van der Waals surface area contributed by atoms with E-state index in [2.05, 4.69) is 215 Å². The lowest BCUT2D eigenvalue weighted by molar-refractivity contribution is 1.18. The Morgan fingerprint density at radius 3 is 1.65 bits per heavy atom. The van der Waals surface area contributed by atoms with Gasteiger partial charge in [0.25, 0.3) is 0 Å². The number of hydrogen-bond donors (Lipinski definition) is 0. The summed E-state index contributed by atoms with van der Waals surface area (Å²) in [5, 5.41) is 7.61. The van der Waals surface area contributed by atoms with Crippen LogP contribution in [0.3, 0.4) is 0 Å². The monoisotopic (exact) mass is 742 g/mol. The van der Waals surface area contributed by atoms with Crippen molar-refractivity contribution in [3.8, 4) is 44.8 Å². The summed E-state index contributed by atoms with van der Waals surface area (Å²) < 4.78 is 7.49. The highest BCUT2D eigenvalue weighted by Gasteiger charge is 2.19. The zero-order valence-electron chi connectivity index (χ0n) is 30.9. The van der Waals surface area contributed by atoms with Crippen LogP contribution in [0.25, 0.3) is 109 Å². The lowest BCUT2D eigenvalue weighted by Gasteiger charge is -2.13. The van der Waals surface area contributed by atoms with E-state index in [9.17, 15) is 0 Å². The van der Waals surface area contributed by atoms with E-state index in [1.807, 2.05) is 11.3 Å². The van der Waals surface area contributed by atoms with Crippen molar-refractivity contribution in [1.29, 1.82) is 0 Å². The van der Waals surface area contributed by atoms with Crippen molar-refractivity contribution in [1.82, 2.24) is 9.13 Å². The zero-order chi connectivity index (χ0) is 37.5. The average Bonchev–Trinajstić information content (AvgIpc) is 3.94. The summed E-state index contributed by atoms with van der Waals surface area (Å²) in [6.07, 6.45) is 0. The van der Waals surface area contributed by atoms with Gasteiger partial charge < -0.3 is 9.13 Å². The first-order valence-corrected chi connectivity index (χ1v) is 20.3. The molecule has 9 aromatic carbocycles. The Morgan fingerprint density at radius 2 is 0.842 bits per heavy atom. The van der Waals surface area contributed by atoms with Crippen molar-refractivity contribution < 1.29 is 0 Å². The first kappa shape index (κ1) is 32.1. The van der Waals surface area contributed by atoms with Crippen molar-refractivity contribution in [2.45, 2.75) is 0 Å². The van der Waals surface area contributed by atoms with Gasteiger partial charge >= 0.3 is 0 Å². The van der Waals surface area contributed by atoms with E-state index < -0.39 is 0 Å². The van der Waals surface area contributed by atoms with Crippen molar-refractivity contribution >= 4 is 75.1 Å². The van der Waals surface area contributed by atoms with E-state index in [-0.39, 0.29) is 0 Å². The molecule has 0 radical (unpaired) electrons. The average molecular weight is 743 g/mol. The van der Waals surface area contributed by atoms with Crippen LogP contribution in [0, 0.1) is 0 Å². The van der Waals surface area contributed by atoms with E-state index >= 15 is 0 Å². The fraction of sp³-hybridized carbons (Fsp3) is 0. The molecule has 12 aromatic rings. The van der Waals surface area contributed by atoms with Gasteiger partial charge in [-0.25, -0.2) is 0 Å². The molecule has 0 aliphatic carbocycles. The van der Waals surface area contributed by atoms with Gasteiger partial charge in [-0.2, -0.15) is 0 Å². The van der Waals surface area contributed by atoms with Gasteiger partial charge in [-0.15, -0.1) is 11.3 Å². The molecular weight excluding hydrogens is 709 g/mol. The molecule has 3 aromatic heterocycles. The lowest BCUT2D eigenvalue weighted by atomic mass is 9.97. The molecule has 0 unspecified atom stereocenters. The van der Waals surface area contributed by atoms with Crippen LogP contribution in [0.2, 0.25) is 0 Å². The molecule has 0 aliphatic rings. The quantitative estimate of drug-likeness (QED) is 0.166. The fourth-order valence-corrected chi connectivity index (χ4v) is 10.3. The van der Waals surface area contributed by atoms with Gasteiger partial charge in [0.1, 0.15) is 0 Å². The normalized spacial score (nSPS) is 11.9. The molecule has 2 nitrogen and oxygen atoms in total. The molecule has 0 atom stereocenters. The summed E-state index contributed by atoms with van der Waals surface area (Å²) in [6, 6.07) is 75.7. The van der Waals surface area contributed by atoms with Crippen LogP contribution in [0.1, 0.15) is 0 Å². The molecule has 0 bridgehead atoms. The highest BCUT2D eigenvalue weighted by atomic mass is 32.1. The molecule has 3 heterocycles. The second-order valence-electron chi connectivity index (χ2n) is 14.9. The van der Waals surface area contributed by atoms with E-state index in [0.717, 1.165) is 0 Å². The van der Waals surface area contributed by atoms with E-state index in [4.69, 9.17) is 0 Å². The maximum Gasteiger partial charge on any atom is 0.0547 e. The Kier molecular flexibility index (Phi) is 7.13. The summed E-state index contributed by atoms with van der Waals surface area (Å²) in [6.45, 7) is 0. The third-order valence-electron chi connectivity index (χ3n) is 11.7. The summed E-state index contributed by atoms with van der Waals surface area (Å²) >= 11 is 1.89. The number of aromatic nitrogens is 2. The Balaban J connectivity index is 1.07. The maximum absolute atomic E-state index is 2.47. The highest BCUT2D eigenvalue weighted by molar-refractivity contribution is 7.26. The van der Waals surface area contributed by atoms with Crippen molar-refractivity contribution in [2.75, 3.05) is 0 Å². The number of rotatable bonds is 5. The van der Waals surface area contributed by atoms with Gasteiger partial charge in [0.05, 0.1) is 22.1 Å². The van der Waals surface area contributed by atoms with Crippen LogP contribution >= 0.6 is 11.3 Å². The molecule has 12 rings (SSSR count). The number of para-hydroxylation sites is 3. The van der Waals surface area contributed by atoms with Gasteiger partial charge in [-0.05, 0) is 94.5 Å². The lowest BCUT2D eigenvalue weighted by Crippen LogP contribution is -1.95. The summed E-state index contributed by atoms with van der Waals surface area (Å²) in [5.74, 6) is 0. The van der Waals surface area contributed by atoms with Crippen LogP contribution in [-0.4, -0.2) is 9.13 Å². The van der Waals surface area contributed by atoms with Crippen LogP contribution in [0.15, 0.2) is 206 Å². The summed E-state index contributed by atoms with van der Waals surface area (Å²) in [4.78, 5) is 0. The standard InChI is InChI=1S/C54H34N2S/c1-3-14-35(15-4-1)36-16-13-17-39(30-36)46-33-41(34-48-45-22-9-12-25-53(45)57-54(46)48)56-50-24-11-8-21-43(50)47-31-37(27-29-51(47)56)38-26-28-44-42-20-7-10-23-49(42)55(52(44)32-38)40-18-5-2-6-19-40/h1-34H. The molecule has 0 saturated heterocycles. The smallest absolute Gasteiger partial charge is 0.0547 e. The molecule has 0 spiro atoms. The van der Waals surface area contributed by atoms with Crippen molar-refractivity contribution in [2.24, 2.45) is 0 Å². The molecule has 3 heteroatoms. The second kappa shape index (κ2) is 12.7. The molecule has 266 valence electrons. The minimum Gasteiger partial charge on any atom is -0.309 e. The molecule has 0 N–H and O–H groups in total. The third kappa shape index (κ3) is 5.03. The Labute approximate surface area is 333 Å². The van der Waals surface area contributed by atoms with Crippen LogP contribution < -0.4 is 0 Å². The molecule has 0 amide bonds. The largest absolute Gasteiger partial charge is 0.309 e. The van der Waals surface area contributed by atoms with Gasteiger partial charge in [0, 0.05) is 58.7 Å². The number of thiophene rings is 1. The minimum atomic E-state index is 1.17. The van der Waals surface area contributed by atoms with Gasteiger partial charge in [0.2, 0.25) is 0 Å². The van der Waals surface area contributed by atoms with Crippen LogP contribution in [0.5, 0.6) is 0 Å².